The molecule has 0 heterocycles. The average Bonchev–Trinajstić information content (AvgIpc) is 2.52. The average molecular weight is 354 g/mol. The fraction of sp³-hybridized carbons (Fsp3) is 0.188. The number of halogens is 1. The Labute approximate surface area is 140 Å². The standard InChI is InChI=1S/C16H16ClNO4S/c1-23(20,21)15-8-2-12(3-9-15)16(19)18-10-11-22-14-6-4-13(17)5-7-14/h2-9H,10-11H2,1H3,(H,18,19). The minimum atomic E-state index is -3.26. The highest BCUT2D eigenvalue weighted by Gasteiger charge is 2.09. The lowest BCUT2D eigenvalue weighted by atomic mass is 10.2. The molecule has 1 amide bonds. The summed E-state index contributed by atoms with van der Waals surface area (Å²) in [6.45, 7) is 0.643. The first-order valence-corrected chi connectivity index (χ1v) is 9.10. The number of ether oxygens (including phenoxy) is 1. The number of nitrogens with one attached hydrogen (secondary N) is 1. The van der Waals surface area contributed by atoms with Crippen molar-refractivity contribution in [1.29, 1.82) is 0 Å². The van der Waals surface area contributed by atoms with Crippen LogP contribution in [0.25, 0.3) is 0 Å². The van der Waals surface area contributed by atoms with E-state index in [1.807, 2.05) is 0 Å². The van der Waals surface area contributed by atoms with Crippen molar-refractivity contribution in [2.75, 3.05) is 19.4 Å². The van der Waals surface area contributed by atoms with Crippen LogP contribution < -0.4 is 10.1 Å². The SMILES string of the molecule is CS(=O)(=O)c1ccc(C(=O)NCCOc2ccc(Cl)cc2)cc1. The number of sulfone groups is 1. The second-order valence-corrected chi connectivity index (χ2v) is 7.31. The molecular weight excluding hydrogens is 338 g/mol. The molecule has 0 atom stereocenters. The zero-order valence-electron chi connectivity index (χ0n) is 12.5. The first-order valence-electron chi connectivity index (χ1n) is 6.83. The van der Waals surface area contributed by atoms with Crippen LogP contribution in [0.3, 0.4) is 0 Å². The monoisotopic (exact) mass is 353 g/mol. The van der Waals surface area contributed by atoms with Crippen molar-refractivity contribution in [2.24, 2.45) is 0 Å². The Hall–Kier alpha value is -2.05. The Morgan fingerprint density at radius 2 is 1.70 bits per heavy atom. The van der Waals surface area contributed by atoms with E-state index in [4.69, 9.17) is 16.3 Å². The van der Waals surface area contributed by atoms with Crippen molar-refractivity contribution >= 4 is 27.3 Å². The normalized spacial score (nSPS) is 11.0. The number of hydrogen-bond donors (Lipinski definition) is 1. The van der Waals surface area contributed by atoms with Crippen LogP contribution in [0.15, 0.2) is 53.4 Å². The lowest BCUT2D eigenvalue weighted by Crippen LogP contribution is -2.28. The molecule has 0 aliphatic carbocycles. The van der Waals surface area contributed by atoms with Gasteiger partial charge in [0.2, 0.25) is 0 Å². The number of amides is 1. The van der Waals surface area contributed by atoms with Gasteiger partial charge in [-0.2, -0.15) is 0 Å². The molecule has 0 bridgehead atoms. The van der Waals surface area contributed by atoms with Crippen LogP contribution in [-0.2, 0) is 9.84 Å². The fourth-order valence-electron chi connectivity index (χ4n) is 1.82. The van der Waals surface area contributed by atoms with E-state index in [1.54, 1.807) is 24.3 Å². The van der Waals surface area contributed by atoms with E-state index < -0.39 is 9.84 Å². The second-order valence-electron chi connectivity index (χ2n) is 4.85. The zero-order chi connectivity index (χ0) is 16.9. The van der Waals surface area contributed by atoms with E-state index in [9.17, 15) is 13.2 Å². The predicted molar refractivity (Wildman–Crippen MR) is 88.8 cm³/mol. The van der Waals surface area contributed by atoms with Gasteiger partial charge < -0.3 is 10.1 Å². The third-order valence-electron chi connectivity index (χ3n) is 3.01. The molecule has 1 N–H and O–H groups in total. The summed E-state index contributed by atoms with van der Waals surface area (Å²) in [6.07, 6.45) is 1.12. The van der Waals surface area contributed by atoms with Crippen molar-refractivity contribution in [3.05, 3.63) is 59.1 Å². The summed E-state index contributed by atoms with van der Waals surface area (Å²) in [5, 5.41) is 3.33. The Morgan fingerprint density at radius 3 is 2.26 bits per heavy atom. The second kappa shape index (κ2) is 7.48. The van der Waals surface area contributed by atoms with Gasteiger partial charge in [0.1, 0.15) is 12.4 Å². The molecule has 0 unspecified atom stereocenters. The van der Waals surface area contributed by atoms with Gasteiger partial charge in [0.05, 0.1) is 11.4 Å². The molecule has 0 saturated carbocycles. The smallest absolute Gasteiger partial charge is 0.251 e. The maximum Gasteiger partial charge on any atom is 0.251 e. The lowest BCUT2D eigenvalue weighted by Gasteiger charge is -2.08. The van der Waals surface area contributed by atoms with Crippen LogP contribution in [0.1, 0.15) is 10.4 Å². The van der Waals surface area contributed by atoms with Crippen LogP contribution >= 0.6 is 11.6 Å². The van der Waals surface area contributed by atoms with E-state index >= 15 is 0 Å². The van der Waals surface area contributed by atoms with Crippen molar-refractivity contribution < 1.29 is 17.9 Å². The van der Waals surface area contributed by atoms with Gasteiger partial charge in [-0.3, -0.25) is 4.79 Å². The van der Waals surface area contributed by atoms with E-state index in [0.29, 0.717) is 29.5 Å². The number of rotatable bonds is 6. The summed E-state index contributed by atoms with van der Waals surface area (Å²) in [6, 6.07) is 12.7. The minimum absolute atomic E-state index is 0.181. The molecule has 0 fully saturated rings. The highest BCUT2D eigenvalue weighted by Crippen LogP contribution is 2.15. The molecular formula is C16H16ClNO4S. The molecule has 5 nitrogen and oxygen atoms in total. The first kappa shape index (κ1) is 17.3. The van der Waals surface area contributed by atoms with E-state index in [-0.39, 0.29) is 10.8 Å². The van der Waals surface area contributed by atoms with Crippen molar-refractivity contribution in [3.8, 4) is 5.75 Å². The van der Waals surface area contributed by atoms with Gasteiger partial charge in [-0.15, -0.1) is 0 Å². The molecule has 7 heteroatoms. The third kappa shape index (κ3) is 5.26. The van der Waals surface area contributed by atoms with Crippen molar-refractivity contribution in [3.63, 3.8) is 0 Å². The van der Waals surface area contributed by atoms with Gasteiger partial charge in [0, 0.05) is 16.8 Å². The Kier molecular flexibility index (Phi) is 5.63. The van der Waals surface area contributed by atoms with Gasteiger partial charge in [-0.25, -0.2) is 8.42 Å². The fourth-order valence-corrected chi connectivity index (χ4v) is 2.58. The molecule has 2 aromatic carbocycles. The van der Waals surface area contributed by atoms with Crippen molar-refractivity contribution in [1.82, 2.24) is 5.32 Å². The molecule has 23 heavy (non-hydrogen) atoms. The van der Waals surface area contributed by atoms with Crippen molar-refractivity contribution in [2.45, 2.75) is 4.90 Å². The Balaban J connectivity index is 1.81. The quantitative estimate of drug-likeness (QED) is 0.810. The molecule has 0 aromatic heterocycles. The Morgan fingerprint density at radius 1 is 1.09 bits per heavy atom. The lowest BCUT2D eigenvalue weighted by molar-refractivity contribution is 0.0947. The molecule has 0 radical (unpaired) electrons. The molecule has 122 valence electrons. The van der Waals surface area contributed by atoms with Gasteiger partial charge in [-0.1, -0.05) is 11.6 Å². The van der Waals surface area contributed by atoms with Gasteiger partial charge in [0.15, 0.2) is 9.84 Å². The summed E-state index contributed by atoms with van der Waals surface area (Å²) in [5.41, 5.74) is 0.392. The topological polar surface area (TPSA) is 72.5 Å². The summed E-state index contributed by atoms with van der Waals surface area (Å²) in [4.78, 5) is 12.1. The summed E-state index contributed by atoms with van der Waals surface area (Å²) in [7, 11) is -3.26. The zero-order valence-corrected chi connectivity index (χ0v) is 14.0. The van der Waals surface area contributed by atoms with Gasteiger partial charge in [0.25, 0.3) is 5.91 Å². The van der Waals surface area contributed by atoms with Crippen LogP contribution in [-0.4, -0.2) is 33.7 Å². The predicted octanol–water partition coefficient (Wildman–Crippen LogP) is 2.55. The summed E-state index contributed by atoms with van der Waals surface area (Å²) in [5.74, 6) is 0.380. The molecule has 0 aliphatic heterocycles. The highest BCUT2D eigenvalue weighted by atomic mass is 35.5. The van der Waals surface area contributed by atoms with E-state index in [0.717, 1.165) is 6.26 Å². The number of carbonyl (C=O) groups excluding carboxylic acids is 1. The largest absolute Gasteiger partial charge is 0.492 e. The molecule has 2 aromatic rings. The third-order valence-corrected chi connectivity index (χ3v) is 4.40. The number of carbonyl (C=O) groups is 1. The van der Waals surface area contributed by atoms with Crippen LogP contribution in [0.2, 0.25) is 5.02 Å². The van der Waals surface area contributed by atoms with Gasteiger partial charge in [-0.05, 0) is 48.5 Å². The van der Waals surface area contributed by atoms with E-state index in [1.165, 1.54) is 24.3 Å². The summed E-state index contributed by atoms with van der Waals surface area (Å²) < 4.78 is 28.2. The highest BCUT2D eigenvalue weighted by molar-refractivity contribution is 7.90. The maximum atomic E-state index is 11.9. The van der Waals surface area contributed by atoms with Crippen LogP contribution in [0, 0.1) is 0 Å². The molecule has 0 aliphatic rings. The molecule has 0 saturated heterocycles. The first-order chi connectivity index (χ1) is 10.9. The molecule has 2 rings (SSSR count). The van der Waals surface area contributed by atoms with Crippen LogP contribution in [0.5, 0.6) is 5.75 Å². The molecule has 0 spiro atoms. The minimum Gasteiger partial charge on any atom is -0.492 e. The number of hydrogen-bond acceptors (Lipinski definition) is 4. The number of benzene rings is 2. The Bertz CT molecular complexity index is 771. The maximum absolute atomic E-state index is 11.9. The van der Waals surface area contributed by atoms with E-state index in [2.05, 4.69) is 5.32 Å². The summed E-state index contributed by atoms with van der Waals surface area (Å²) >= 11 is 5.77. The van der Waals surface area contributed by atoms with Crippen LogP contribution in [0.4, 0.5) is 0 Å². The van der Waals surface area contributed by atoms with Gasteiger partial charge >= 0.3 is 0 Å².